The van der Waals surface area contributed by atoms with Gasteiger partial charge in [-0.3, -0.25) is 9.89 Å². The Labute approximate surface area is 192 Å². The van der Waals surface area contributed by atoms with Gasteiger partial charge >= 0.3 is 6.18 Å². The molecule has 1 saturated heterocycles. The minimum atomic E-state index is -4.09. The zero-order valence-electron chi connectivity index (χ0n) is 18.5. The van der Waals surface area contributed by atoms with E-state index in [0.717, 1.165) is 64.2 Å². The van der Waals surface area contributed by atoms with Crippen LogP contribution >= 0.6 is 24.0 Å². The van der Waals surface area contributed by atoms with Crippen LogP contribution in [0.5, 0.6) is 0 Å². The molecule has 0 aromatic heterocycles. The standard InChI is InChI=1S/C20H40F3N5.HI/c1-5-27(6-2)13-7-8-17(3)26-19(24-4)25-12-9-18-10-14-28(15-11-18)16-20(21,22)23;/h17-18H,5-16H2,1-4H3,(H2,24,25,26);1H. The average Bonchev–Trinajstić information content (AvgIpc) is 2.64. The number of hydrogen-bond donors (Lipinski definition) is 2. The minimum absolute atomic E-state index is 0. The van der Waals surface area contributed by atoms with Gasteiger partial charge in [0.1, 0.15) is 0 Å². The van der Waals surface area contributed by atoms with Crippen LogP contribution in [0, 0.1) is 5.92 Å². The molecule has 2 N–H and O–H groups in total. The van der Waals surface area contributed by atoms with Crippen molar-refractivity contribution in [1.29, 1.82) is 0 Å². The molecule has 0 aliphatic carbocycles. The summed E-state index contributed by atoms with van der Waals surface area (Å²) in [7, 11) is 1.77. The summed E-state index contributed by atoms with van der Waals surface area (Å²) < 4.78 is 37.4. The van der Waals surface area contributed by atoms with Gasteiger partial charge < -0.3 is 15.5 Å². The van der Waals surface area contributed by atoms with Crippen molar-refractivity contribution in [2.75, 3.05) is 52.9 Å². The minimum Gasteiger partial charge on any atom is -0.356 e. The SMILES string of the molecule is CCN(CC)CCCC(C)NC(=NC)NCCC1CCN(CC(F)(F)F)CC1.I. The summed E-state index contributed by atoms with van der Waals surface area (Å²) in [6.07, 6.45) is 0.806. The summed E-state index contributed by atoms with van der Waals surface area (Å²) in [5, 5.41) is 6.79. The highest BCUT2D eigenvalue weighted by Crippen LogP contribution is 2.23. The van der Waals surface area contributed by atoms with Crippen LogP contribution in [0.2, 0.25) is 0 Å². The molecule has 29 heavy (non-hydrogen) atoms. The fourth-order valence-corrected chi connectivity index (χ4v) is 3.74. The van der Waals surface area contributed by atoms with Crippen molar-refractivity contribution < 1.29 is 13.2 Å². The summed E-state index contributed by atoms with van der Waals surface area (Å²) in [4.78, 5) is 8.24. The van der Waals surface area contributed by atoms with E-state index in [1.54, 1.807) is 7.05 Å². The Bertz CT molecular complexity index is 436. The van der Waals surface area contributed by atoms with E-state index in [1.807, 2.05) is 0 Å². The van der Waals surface area contributed by atoms with Gasteiger partial charge in [0.15, 0.2) is 5.96 Å². The molecule has 1 atom stereocenters. The lowest BCUT2D eigenvalue weighted by atomic mass is 9.93. The number of nitrogens with zero attached hydrogens (tertiary/aromatic N) is 3. The molecule has 0 aromatic rings. The maximum absolute atomic E-state index is 12.5. The Morgan fingerprint density at radius 2 is 1.83 bits per heavy atom. The summed E-state index contributed by atoms with van der Waals surface area (Å²) in [6.45, 7) is 11.0. The number of alkyl halides is 3. The third-order valence-electron chi connectivity index (χ3n) is 5.57. The van der Waals surface area contributed by atoms with Gasteiger partial charge in [-0.05, 0) is 77.7 Å². The summed E-state index contributed by atoms with van der Waals surface area (Å²) in [6, 6.07) is 0.354. The van der Waals surface area contributed by atoms with E-state index in [0.29, 0.717) is 25.0 Å². The van der Waals surface area contributed by atoms with Gasteiger partial charge in [0, 0.05) is 19.6 Å². The molecule has 0 aromatic carbocycles. The maximum atomic E-state index is 12.5. The molecule has 9 heteroatoms. The second-order valence-electron chi connectivity index (χ2n) is 7.84. The van der Waals surface area contributed by atoms with Gasteiger partial charge in [-0.15, -0.1) is 24.0 Å². The van der Waals surface area contributed by atoms with E-state index in [1.165, 1.54) is 4.90 Å². The van der Waals surface area contributed by atoms with Crippen molar-refractivity contribution >= 4 is 29.9 Å². The summed E-state index contributed by atoms with van der Waals surface area (Å²) in [5.74, 6) is 1.30. The van der Waals surface area contributed by atoms with Crippen molar-refractivity contribution in [2.45, 2.75) is 65.1 Å². The topological polar surface area (TPSA) is 42.9 Å². The molecule has 1 heterocycles. The van der Waals surface area contributed by atoms with E-state index in [4.69, 9.17) is 0 Å². The number of likely N-dealkylation sites (tertiary alicyclic amines) is 1. The number of hydrogen-bond acceptors (Lipinski definition) is 3. The van der Waals surface area contributed by atoms with Gasteiger partial charge in [0.2, 0.25) is 0 Å². The van der Waals surface area contributed by atoms with Gasteiger partial charge in [-0.1, -0.05) is 13.8 Å². The monoisotopic (exact) mass is 535 g/mol. The smallest absolute Gasteiger partial charge is 0.356 e. The molecular formula is C20H41F3IN5. The van der Waals surface area contributed by atoms with Crippen molar-refractivity contribution in [3.63, 3.8) is 0 Å². The molecule has 1 fully saturated rings. The molecule has 1 rings (SSSR count). The summed E-state index contributed by atoms with van der Waals surface area (Å²) >= 11 is 0. The number of piperidine rings is 1. The Hall–Kier alpha value is -0.290. The molecule has 0 amide bonds. The molecule has 0 spiro atoms. The normalized spacial score (nSPS) is 17.9. The van der Waals surface area contributed by atoms with Crippen molar-refractivity contribution in [1.82, 2.24) is 20.4 Å². The third kappa shape index (κ3) is 13.6. The second kappa shape index (κ2) is 15.5. The average molecular weight is 535 g/mol. The maximum Gasteiger partial charge on any atom is 0.401 e. The van der Waals surface area contributed by atoms with E-state index in [2.05, 4.69) is 41.3 Å². The van der Waals surface area contributed by atoms with Gasteiger partial charge in [0.25, 0.3) is 0 Å². The predicted octanol–water partition coefficient (Wildman–Crippen LogP) is 3.94. The van der Waals surface area contributed by atoms with Crippen LogP contribution in [0.4, 0.5) is 13.2 Å². The highest BCUT2D eigenvalue weighted by Gasteiger charge is 2.32. The lowest BCUT2D eigenvalue weighted by Gasteiger charge is -2.32. The predicted molar refractivity (Wildman–Crippen MR) is 126 cm³/mol. The Kier molecular flexibility index (Phi) is 15.3. The number of rotatable bonds is 11. The lowest BCUT2D eigenvalue weighted by molar-refractivity contribution is -0.148. The van der Waals surface area contributed by atoms with Crippen LogP contribution < -0.4 is 10.6 Å². The number of aliphatic imine (C=N–C) groups is 1. The van der Waals surface area contributed by atoms with Crippen LogP contribution in [0.1, 0.15) is 52.9 Å². The Morgan fingerprint density at radius 3 is 2.34 bits per heavy atom. The van der Waals surface area contributed by atoms with Crippen molar-refractivity contribution in [2.24, 2.45) is 10.9 Å². The zero-order valence-corrected chi connectivity index (χ0v) is 20.9. The molecule has 174 valence electrons. The number of halogens is 4. The van der Waals surface area contributed by atoms with E-state index >= 15 is 0 Å². The first-order valence-electron chi connectivity index (χ1n) is 10.8. The Morgan fingerprint density at radius 1 is 1.21 bits per heavy atom. The third-order valence-corrected chi connectivity index (χ3v) is 5.57. The van der Waals surface area contributed by atoms with Gasteiger partial charge in [-0.2, -0.15) is 13.2 Å². The molecule has 1 aliphatic heterocycles. The fraction of sp³-hybridized carbons (Fsp3) is 0.950. The molecule has 0 bridgehead atoms. The molecule has 0 saturated carbocycles. The van der Waals surface area contributed by atoms with Crippen LogP contribution in [-0.4, -0.2) is 80.8 Å². The highest BCUT2D eigenvalue weighted by molar-refractivity contribution is 14.0. The molecular weight excluding hydrogens is 494 g/mol. The summed E-state index contributed by atoms with van der Waals surface area (Å²) in [5.41, 5.74) is 0. The highest BCUT2D eigenvalue weighted by atomic mass is 127. The first kappa shape index (κ1) is 28.7. The molecule has 1 unspecified atom stereocenters. The van der Waals surface area contributed by atoms with E-state index < -0.39 is 12.7 Å². The van der Waals surface area contributed by atoms with Crippen LogP contribution in [-0.2, 0) is 0 Å². The van der Waals surface area contributed by atoms with Crippen LogP contribution in [0.15, 0.2) is 4.99 Å². The van der Waals surface area contributed by atoms with E-state index in [-0.39, 0.29) is 24.0 Å². The molecule has 1 aliphatic rings. The lowest BCUT2D eigenvalue weighted by Crippen LogP contribution is -2.44. The largest absolute Gasteiger partial charge is 0.401 e. The van der Waals surface area contributed by atoms with Gasteiger partial charge in [-0.25, -0.2) is 0 Å². The first-order chi connectivity index (χ1) is 13.3. The number of nitrogens with one attached hydrogen (secondary N) is 2. The molecule has 0 radical (unpaired) electrons. The van der Waals surface area contributed by atoms with Gasteiger partial charge in [0.05, 0.1) is 6.54 Å². The quantitative estimate of drug-likeness (QED) is 0.239. The van der Waals surface area contributed by atoms with Crippen LogP contribution in [0.3, 0.4) is 0 Å². The van der Waals surface area contributed by atoms with Crippen molar-refractivity contribution in [3.05, 3.63) is 0 Å². The van der Waals surface area contributed by atoms with Crippen LogP contribution in [0.25, 0.3) is 0 Å². The van der Waals surface area contributed by atoms with Crippen molar-refractivity contribution in [3.8, 4) is 0 Å². The first-order valence-corrected chi connectivity index (χ1v) is 10.8. The zero-order chi connectivity index (χ0) is 21.0. The second-order valence-corrected chi connectivity index (χ2v) is 7.84. The molecule has 5 nitrogen and oxygen atoms in total. The Balaban J connectivity index is 0.00000784. The number of guanidine groups is 1. The van der Waals surface area contributed by atoms with E-state index in [9.17, 15) is 13.2 Å². The fourth-order valence-electron chi connectivity index (χ4n) is 3.74.